The maximum absolute atomic E-state index is 5.93. The minimum atomic E-state index is 0.0270. The molecule has 0 aliphatic rings. The Morgan fingerprint density at radius 1 is 1.36 bits per heavy atom. The summed E-state index contributed by atoms with van der Waals surface area (Å²) in [5.41, 5.74) is 2.02. The van der Waals surface area contributed by atoms with Crippen molar-refractivity contribution in [2.24, 2.45) is 0 Å². The quantitative estimate of drug-likeness (QED) is 0.668. The van der Waals surface area contributed by atoms with E-state index in [9.17, 15) is 0 Å². The maximum Gasteiger partial charge on any atom is 0.157 e. The van der Waals surface area contributed by atoms with Gasteiger partial charge in [0.25, 0.3) is 0 Å². The largest absolute Gasteiger partial charge is 0.235 e. The van der Waals surface area contributed by atoms with E-state index in [2.05, 4.69) is 30.9 Å². The summed E-state index contributed by atoms with van der Waals surface area (Å²) in [7, 11) is 0. The Balaban J connectivity index is 2.80. The van der Waals surface area contributed by atoms with E-state index >= 15 is 0 Å². The van der Waals surface area contributed by atoms with Gasteiger partial charge in [0.1, 0.15) is 5.15 Å². The predicted molar refractivity (Wildman–Crippen MR) is 56.7 cm³/mol. The summed E-state index contributed by atoms with van der Waals surface area (Å²) in [5.74, 6) is 0. The zero-order chi connectivity index (χ0) is 10.3. The lowest BCUT2D eigenvalue weighted by Gasteiger charge is -2.19. The van der Waals surface area contributed by atoms with Gasteiger partial charge in [0.05, 0.1) is 0 Å². The average molecular weight is 210 g/mol. The molecule has 0 radical (unpaired) electrons. The van der Waals surface area contributed by atoms with Crippen LogP contribution in [-0.4, -0.2) is 14.6 Å². The zero-order valence-corrected chi connectivity index (χ0v) is 9.21. The number of rotatable bonds is 0. The molecule has 3 nitrogen and oxygen atoms in total. The van der Waals surface area contributed by atoms with Crippen molar-refractivity contribution in [2.75, 3.05) is 0 Å². The van der Waals surface area contributed by atoms with Gasteiger partial charge in [-0.1, -0.05) is 32.4 Å². The average Bonchev–Trinajstić information content (AvgIpc) is 2.47. The number of nitrogens with zero attached hydrogens (tertiary/aromatic N) is 3. The molecule has 14 heavy (non-hydrogen) atoms. The van der Waals surface area contributed by atoms with Gasteiger partial charge in [0.2, 0.25) is 0 Å². The van der Waals surface area contributed by atoms with Gasteiger partial charge < -0.3 is 0 Å². The highest BCUT2D eigenvalue weighted by atomic mass is 35.5. The molecule has 2 rings (SSSR count). The summed E-state index contributed by atoms with van der Waals surface area (Å²) in [6.07, 6.45) is 3.53. The molecule has 0 aliphatic carbocycles. The van der Waals surface area contributed by atoms with Crippen LogP contribution in [0.4, 0.5) is 0 Å². The fourth-order valence-corrected chi connectivity index (χ4v) is 1.63. The fourth-order valence-electron chi connectivity index (χ4n) is 1.44. The standard InChI is InChI=1S/C10H12ClN3/c1-10(2,3)7-6-8(11)13-14-5-4-12-9(7)14/h4-6H,1-3H3. The molecule has 0 spiro atoms. The van der Waals surface area contributed by atoms with Gasteiger partial charge >= 0.3 is 0 Å². The molecule has 0 aliphatic heterocycles. The topological polar surface area (TPSA) is 30.2 Å². The third kappa shape index (κ3) is 1.48. The number of hydrogen-bond acceptors (Lipinski definition) is 2. The molecule has 0 atom stereocenters. The van der Waals surface area contributed by atoms with Crippen LogP contribution >= 0.6 is 11.6 Å². The van der Waals surface area contributed by atoms with Gasteiger partial charge in [-0.15, -0.1) is 0 Å². The second kappa shape index (κ2) is 2.95. The smallest absolute Gasteiger partial charge is 0.157 e. The molecule has 0 bridgehead atoms. The number of hydrogen-bond donors (Lipinski definition) is 0. The van der Waals surface area contributed by atoms with Gasteiger partial charge in [0.15, 0.2) is 5.65 Å². The molecule has 2 aromatic rings. The summed E-state index contributed by atoms with van der Waals surface area (Å²) < 4.78 is 1.71. The molecular formula is C10H12ClN3. The molecule has 0 fully saturated rings. The van der Waals surface area contributed by atoms with Gasteiger partial charge in [0, 0.05) is 18.0 Å². The Morgan fingerprint density at radius 3 is 2.71 bits per heavy atom. The fraction of sp³-hybridized carbons (Fsp3) is 0.400. The van der Waals surface area contributed by atoms with Crippen molar-refractivity contribution in [1.29, 1.82) is 0 Å². The summed E-state index contributed by atoms with van der Waals surface area (Å²) in [6, 6.07) is 1.88. The van der Waals surface area contributed by atoms with Crippen LogP contribution < -0.4 is 0 Å². The normalized spacial score (nSPS) is 12.3. The molecular weight excluding hydrogens is 198 g/mol. The van der Waals surface area contributed by atoms with Crippen LogP contribution in [0.5, 0.6) is 0 Å². The van der Waals surface area contributed by atoms with Gasteiger partial charge in [-0.05, 0) is 11.5 Å². The van der Waals surface area contributed by atoms with Gasteiger partial charge in [-0.3, -0.25) is 0 Å². The number of aromatic nitrogens is 3. The monoisotopic (exact) mass is 209 g/mol. The molecule has 2 aromatic heterocycles. The predicted octanol–water partition coefficient (Wildman–Crippen LogP) is 2.68. The van der Waals surface area contributed by atoms with Crippen molar-refractivity contribution < 1.29 is 0 Å². The van der Waals surface area contributed by atoms with Crippen LogP contribution in [0.25, 0.3) is 5.65 Å². The van der Waals surface area contributed by atoms with Crippen LogP contribution in [0.3, 0.4) is 0 Å². The Kier molecular flexibility index (Phi) is 2.00. The Labute approximate surface area is 87.7 Å². The Morgan fingerprint density at radius 2 is 2.07 bits per heavy atom. The minimum Gasteiger partial charge on any atom is -0.235 e. The van der Waals surface area contributed by atoms with E-state index in [0.717, 1.165) is 11.2 Å². The summed E-state index contributed by atoms with van der Waals surface area (Å²) >= 11 is 5.93. The highest BCUT2D eigenvalue weighted by Gasteiger charge is 2.19. The molecule has 74 valence electrons. The van der Waals surface area contributed by atoms with Crippen molar-refractivity contribution in [3.05, 3.63) is 29.2 Å². The van der Waals surface area contributed by atoms with E-state index in [-0.39, 0.29) is 5.41 Å². The molecule has 0 aromatic carbocycles. The summed E-state index contributed by atoms with van der Waals surface area (Å²) in [6.45, 7) is 6.40. The second-order valence-electron chi connectivity index (χ2n) is 4.33. The van der Waals surface area contributed by atoms with E-state index in [1.165, 1.54) is 0 Å². The van der Waals surface area contributed by atoms with E-state index < -0.39 is 0 Å². The number of halogens is 1. The molecule has 2 heterocycles. The first-order valence-electron chi connectivity index (χ1n) is 4.49. The Hall–Kier alpha value is -1.09. The third-order valence-corrected chi connectivity index (χ3v) is 2.32. The molecule has 0 N–H and O–H groups in total. The van der Waals surface area contributed by atoms with Crippen LogP contribution in [0.1, 0.15) is 26.3 Å². The molecule has 0 saturated heterocycles. The first-order chi connectivity index (χ1) is 6.48. The van der Waals surface area contributed by atoms with E-state index in [4.69, 9.17) is 11.6 Å². The lowest BCUT2D eigenvalue weighted by molar-refractivity contribution is 0.589. The Bertz CT molecular complexity index is 468. The van der Waals surface area contributed by atoms with Crippen LogP contribution in [0.2, 0.25) is 5.15 Å². The first-order valence-corrected chi connectivity index (χ1v) is 4.86. The van der Waals surface area contributed by atoms with E-state index in [1.807, 2.05) is 6.07 Å². The van der Waals surface area contributed by atoms with Crippen molar-refractivity contribution in [3.8, 4) is 0 Å². The van der Waals surface area contributed by atoms with Crippen molar-refractivity contribution >= 4 is 17.2 Å². The highest BCUT2D eigenvalue weighted by molar-refractivity contribution is 6.29. The van der Waals surface area contributed by atoms with Crippen molar-refractivity contribution in [1.82, 2.24) is 14.6 Å². The molecule has 0 amide bonds. The highest BCUT2D eigenvalue weighted by Crippen LogP contribution is 2.26. The lowest BCUT2D eigenvalue weighted by Crippen LogP contribution is -2.14. The SMILES string of the molecule is CC(C)(C)c1cc(Cl)nn2ccnc12. The van der Waals surface area contributed by atoms with E-state index in [0.29, 0.717) is 5.15 Å². The first kappa shape index (κ1) is 9.46. The molecule has 4 heteroatoms. The number of imidazole rings is 1. The zero-order valence-electron chi connectivity index (χ0n) is 8.45. The molecule has 0 saturated carbocycles. The van der Waals surface area contributed by atoms with Crippen molar-refractivity contribution in [2.45, 2.75) is 26.2 Å². The van der Waals surface area contributed by atoms with Gasteiger partial charge in [-0.2, -0.15) is 5.10 Å². The summed E-state index contributed by atoms with van der Waals surface area (Å²) in [4.78, 5) is 4.27. The van der Waals surface area contributed by atoms with Gasteiger partial charge in [-0.25, -0.2) is 9.50 Å². The second-order valence-corrected chi connectivity index (χ2v) is 4.71. The lowest BCUT2D eigenvalue weighted by atomic mass is 9.88. The number of fused-ring (bicyclic) bond motifs is 1. The van der Waals surface area contributed by atoms with Crippen LogP contribution in [0, 0.1) is 0 Å². The van der Waals surface area contributed by atoms with Crippen LogP contribution in [-0.2, 0) is 5.41 Å². The third-order valence-electron chi connectivity index (χ3n) is 2.14. The van der Waals surface area contributed by atoms with Crippen LogP contribution in [0.15, 0.2) is 18.5 Å². The maximum atomic E-state index is 5.93. The van der Waals surface area contributed by atoms with Crippen molar-refractivity contribution in [3.63, 3.8) is 0 Å². The minimum absolute atomic E-state index is 0.0270. The molecule has 0 unspecified atom stereocenters. The van der Waals surface area contributed by atoms with E-state index in [1.54, 1.807) is 16.9 Å². The summed E-state index contributed by atoms with van der Waals surface area (Å²) in [5, 5.41) is 4.63.